The molecule has 1 aromatic rings. The summed E-state index contributed by atoms with van der Waals surface area (Å²) >= 11 is 5.46. The highest BCUT2D eigenvalue weighted by atomic mass is 35.5. The maximum atomic E-state index is 11.1. The molecule has 0 aliphatic carbocycles. The number of hydrogen-bond donors (Lipinski definition) is 0. The van der Waals surface area contributed by atoms with Crippen LogP contribution in [0.25, 0.3) is 0 Å². The molecule has 0 aromatic heterocycles. The zero-order valence-electron chi connectivity index (χ0n) is 9.43. The Kier molecular flexibility index (Phi) is 3.40. The van der Waals surface area contributed by atoms with Crippen LogP contribution in [0.1, 0.15) is 25.0 Å². The van der Waals surface area contributed by atoms with Crippen LogP contribution < -0.4 is 4.74 Å². The molecule has 3 heteroatoms. The molecule has 0 radical (unpaired) electrons. The number of carbonyl (C=O) groups is 1. The summed E-state index contributed by atoms with van der Waals surface area (Å²) in [5.74, 6) is 0.733. The standard InChI is InChI=1S/C12H15ClO2/c1-8-6-5-7-9(2)10(8)15-12(3,4)11(13)14/h5-7H,1-4H3. The number of benzene rings is 1. The van der Waals surface area contributed by atoms with Crippen molar-refractivity contribution >= 4 is 16.8 Å². The van der Waals surface area contributed by atoms with Crippen LogP contribution >= 0.6 is 11.6 Å². The van der Waals surface area contributed by atoms with E-state index in [4.69, 9.17) is 16.3 Å². The van der Waals surface area contributed by atoms with E-state index >= 15 is 0 Å². The van der Waals surface area contributed by atoms with E-state index in [1.54, 1.807) is 13.8 Å². The van der Waals surface area contributed by atoms with Gasteiger partial charge in [0.2, 0.25) is 0 Å². The number of aryl methyl sites for hydroxylation is 2. The van der Waals surface area contributed by atoms with Gasteiger partial charge in [-0.3, -0.25) is 4.79 Å². The number of hydrogen-bond acceptors (Lipinski definition) is 2. The second-order valence-electron chi connectivity index (χ2n) is 4.11. The molecule has 0 fully saturated rings. The number of carbonyl (C=O) groups excluding carboxylic acids is 1. The fourth-order valence-corrected chi connectivity index (χ4v) is 1.29. The lowest BCUT2D eigenvalue weighted by Gasteiger charge is -2.24. The molecule has 1 rings (SSSR count). The quantitative estimate of drug-likeness (QED) is 0.740. The molecule has 0 aliphatic rings. The molecule has 0 amide bonds. The van der Waals surface area contributed by atoms with Crippen molar-refractivity contribution in [1.29, 1.82) is 0 Å². The maximum Gasteiger partial charge on any atom is 0.264 e. The van der Waals surface area contributed by atoms with Crippen molar-refractivity contribution in [1.82, 2.24) is 0 Å². The molecule has 0 atom stereocenters. The largest absolute Gasteiger partial charge is 0.478 e. The van der Waals surface area contributed by atoms with Crippen LogP contribution in [0.3, 0.4) is 0 Å². The topological polar surface area (TPSA) is 26.3 Å². The number of para-hydroxylation sites is 1. The molecule has 0 spiro atoms. The Bertz CT molecular complexity index is 363. The van der Waals surface area contributed by atoms with Gasteiger partial charge >= 0.3 is 0 Å². The first-order chi connectivity index (χ1) is 6.84. The van der Waals surface area contributed by atoms with Crippen LogP contribution in [0.15, 0.2) is 18.2 Å². The molecule has 0 N–H and O–H groups in total. The summed E-state index contributed by atoms with van der Waals surface area (Å²) in [6.07, 6.45) is 0. The normalized spacial score (nSPS) is 11.3. The van der Waals surface area contributed by atoms with Crippen molar-refractivity contribution < 1.29 is 9.53 Å². The smallest absolute Gasteiger partial charge is 0.264 e. The second-order valence-corrected chi connectivity index (χ2v) is 4.45. The highest BCUT2D eigenvalue weighted by Crippen LogP contribution is 2.27. The Morgan fingerprint density at radius 2 is 1.73 bits per heavy atom. The average Bonchev–Trinajstić information content (AvgIpc) is 2.11. The molecule has 0 saturated heterocycles. The van der Waals surface area contributed by atoms with Gasteiger partial charge in [-0.1, -0.05) is 18.2 Å². The lowest BCUT2D eigenvalue weighted by molar-refractivity contribution is -0.123. The molecular formula is C12H15ClO2. The summed E-state index contributed by atoms with van der Waals surface area (Å²) < 4.78 is 5.64. The fraction of sp³-hybridized carbons (Fsp3) is 0.417. The SMILES string of the molecule is Cc1cccc(C)c1OC(C)(C)C(=O)Cl. The van der Waals surface area contributed by atoms with Crippen molar-refractivity contribution in [2.75, 3.05) is 0 Å². The molecule has 0 unspecified atom stereocenters. The van der Waals surface area contributed by atoms with Crippen LogP contribution in [0.5, 0.6) is 5.75 Å². The summed E-state index contributed by atoms with van der Waals surface area (Å²) in [4.78, 5) is 11.1. The van der Waals surface area contributed by atoms with E-state index in [2.05, 4.69) is 0 Å². The molecule has 0 bridgehead atoms. The van der Waals surface area contributed by atoms with Crippen LogP contribution in [0, 0.1) is 13.8 Å². The summed E-state index contributed by atoms with van der Waals surface area (Å²) in [5, 5.41) is -0.495. The second kappa shape index (κ2) is 4.23. The van der Waals surface area contributed by atoms with Gasteiger partial charge in [0.25, 0.3) is 5.24 Å². The minimum absolute atomic E-state index is 0.495. The van der Waals surface area contributed by atoms with E-state index in [1.165, 1.54) is 0 Å². The molecule has 82 valence electrons. The minimum atomic E-state index is -0.988. The summed E-state index contributed by atoms with van der Waals surface area (Å²) in [5.41, 5.74) is 1.01. The van der Waals surface area contributed by atoms with Crippen molar-refractivity contribution in [3.05, 3.63) is 29.3 Å². The van der Waals surface area contributed by atoms with Gasteiger partial charge in [0.05, 0.1) is 0 Å². The molecule has 15 heavy (non-hydrogen) atoms. The number of rotatable bonds is 3. The summed E-state index contributed by atoms with van der Waals surface area (Å²) in [6.45, 7) is 7.21. The average molecular weight is 227 g/mol. The highest BCUT2D eigenvalue weighted by Gasteiger charge is 2.29. The monoisotopic (exact) mass is 226 g/mol. The predicted molar refractivity (Wildman–Crippen MR) is 61.5 cm³/mol. The van der Waals surface area contributed by atoms with E-state index in [9.17, 15) is 4.79 Å². The summed E-state index contributed by atoms with van der Waals surface area (Å²) in [7, 11) is 0. The lowest BCUT2D eigenvalue weighted by Crippen LogP contribution is -2.35. The third-order valence-corrected chi connectivity index (χ3v) is 2.69. The molecule has 0 aliphatic heterocycles. The molecular weight excluding hydrogens is 212 g/mol. The van der Waals surface area contributed by atoms with Gasteiger partial charge in [0, 0.05) is 0 Å². The van der Waals surface area contributed by atoms with Gasteiger partial charge in [-0.2, -0.15) is 0 Å². The Morgan fingerprint density at radius 1 is 1.27 bits per heavy atom. The van der Waals surface area contributed by atoms with Gasteiger partial charge in [-0.25, -0.2) is 0 Å². The molecule has 0 heterocycles. The molecule has 0 saturated carbocycles. The highest BCUT2D eigenvalue weighted by molar-refractivity contribution is 6.65. The zero-order chi connectivity index (χ0) is 11.6. The summed E-state index contributed by atoms with van der Waals surface area (Å²) in [6, 6.07) is 5.83. The number of halogens is 1. The van der Waals surface area contributed by atoms with Gasteiger partial charge in [-0.15, -0.1) is 0 Å². The Morgan fingerprint density at radius 3 is 2.13 bits per heavy atom. The van der Waals surface area contributed by atoms with E-state index in [0.29, 0.717) is 0 Å². The lowest BCUT2D eigenvalue weighted by atomic mass is 10.1. The predicted octanol–water partition coefficient (Wildman–Crippen LogP) is 3.23. The Labute approximate surface area is 95.2 Å². The molecule has 2 nitrogen and oxygen atoms in total. The first-order valence-corrected chi connectivity index (χ1v) is 5.17. The van der Waals surface area contributed by atoms with Gasteiger partial charge in [0.1, 0.15) is 5.75 Å². The first kappa shape index (κ1) is 12.1. The maximum absolute atomic E-state index is 11.1. The van der Waals surface area contributed by atoms with Crippen LogP contribution in [-0.4, -0.2) is 10.8 Å². The van der Waals surface area contributed by atoms with Crippen LogP contribution in [0.2, 0.25) is 0 Å². The van der Waals surface area contributed by atoms with Gasteiger partial charge in [-0.05, 0) is 50.4 Å². The minimum Gasteiger partial charge on any atom is -0.478 e. The third kappa shape index (κ3) is 2.72. The third-order valence-electron chi connectivity index (χ3n) is 2.24. The Balaban J connectivity index is 3.04. The van der Waals surface area contributed by atoms with E-state index in [0.717, 1.165) is 16.9 Å². The first-order valence-electron chi connectivity index (χ1n) is 4.80. The number of ether oxygens (including phenoxy) is 1. The van der Waals surface area contributed by atoms with Crippen LogP contribution in [0.4, 0.5) is 0 Å². The van der Waals surface area contributed by atoms with E-state index < -0.39 is 10.8 Å². The van der Waals surface area contributed by atoms with Gasteiger partial charge < -0.3 is 4.74 Å². The zero-order valence-corrected chi connectivity index (χ0v) is 10.2. The van der Waals surface area contributed by atoms with E-state index in [1.807, 2.05) is 32.0 Å². The fourth-order valence-electron chi connectivity index (χ4n) is 1.26. The van der Waals surface area contributed by atoms with Crippen molar-refractivity contribution in [2.24, 2.45) is 0 Å². The van der Waals surface area contributed by atoms with E-state index in [-0.39, 0.29) is 0 Å². The Hall–Kier alpha value is -1.02. The van der Waals surface area contributed by atoms with Crippen molar-refractivity contribution in [2.45, 2.75) is 33.3 Å². The molecule has 1 aromatic carbocycles. The van der Waals surface area contributed by atoms with Crippen LogP contribution in [-0.2, 0) is 4.79 Å². The van der Waals surface area contributed by atoms with Crippen molar-refractivity contribution in [3.8, 4) is 5.75 Å². The van der Waals surface area contributed by atoms with Gasteiger partial charge in [0.15, 0.2) is 5.60 Å². The van der Waals surface area contributed by atoms with Crippen molar-refractivity contribution in [3.63, 3.8) is 0 Å².